The summed E-state index contributed by atoms with van der Waals surface area (Å²) < 4.78 is 10.8. The molecule has 1 N–H and O–H groups in total. The number of para-hydroxylation sites is 1. The van der Waals surface area contributed by atoms with Gasteiger partial charge in [0.05, 0.1) is 14.2 Å². The molecule has 0 heterocycles. The van der Waals surface area contributed by atoms with Gasteiger partial charge in [0.1, 0.15) is 0 Å². The lowest BCUT2D eigenvalue weighted by molar-refractivity contribution is 0.277. The van der Waals surface area contributed by atoms with Crippen LogP contribution in [-0.2, 0) is 6.54 Å². The standard InChI is InChI=1S/C16H25NO2/c1-12-7-4-5-9-14(12)17-11-13-8-6-10-15(18-2)16(13)19-3/h6,8,10,12,14,17H,4-5,7,9,11H2,1-3H3. The number of hydrogen-bond acceptors (Lipinski definition) is 3. The Labute approximate surface area is 116 Å². The molecule has 1 aliphatic carbocycles. The van der Waals surface area contributed by atoms with Crippen LogP contribution in [0.4, 0.5) is 0 Å². The fourth-order valence-electron chi connectivity index (χ4n) is 2.95. The van der Waals surface area contributed by atoms with E-state index in [1.807, 2.05) is 12.1 Å². The van der Waals surface area contributed by atoms with Crippen molar-refractivity contribution in [2.75, 3.05) is 14.2 Å². The second kappa shape index (κ2) is 6.80. The van der Waals surface area contributed by atoms with Crippen molar-refractivity contribution in [2.24, 2.45) is 5.92 Å². The van der Waals surface area contributed by atoms with Crippen molar-refractivity contribution in [2.45, 2.75) is 45.2 Å². The van der Waals surface area contributed by atoms with E-state index in [4.69, 9.17) is 9.47 Å². The number of methoxy groups -OCH3 is 2. The molecule has 0 amide bonds. The molecule has 1 aliphatic rings. The van der Waals surface area contributed by atoms with Gasteiger partial charge in [0.2, 0.25) is 0 Å². The van der Waals surface area contributed by atoms with Gasteiger partial charge in [-0.1, -0.05) is 31.9 Å². The SMILES string of the molecule is COc1cccc(CNC2CCCCC2C)c1OC. The number of rotatable bonds is 5. The minimum atomic E-state index is 0.629. The Morgan fingerprint density at radius 1 is 1.16 bits per heavy atom. The first-order valence-corrected chi connectivity index (χ1v) is 7.19. The van der Waals surface area contributed by atoms with E-state index in [2.05, 4.69) is 18.3 Å². The summed E-state index contributed by atoms with van der Waals surface area (Å²) in [5.41, 5.74) is 1.17. The van der Waals surface area contributed by atoms with Gasteiger partial charge < -0.3 is 14.8 Å². The maximum atomic E-state index is 5.47. The summed E-state index contributed by atoms with van der Waals surface area (Å²) in [4.78, 5) is 0. The van der Waals surface area contributed by atoms with Gasteiger partial charge in [-0.15, -0.1) is 0 Å². The molecule has 19 heavy (non-hydrogen) atoms. The Balaban J connectivity index is 2.02. The van der Waals surface area contributed by atoms with Crippen LogP contribution in [0.3, 0.4) is 0 Å². The van der Waals surface area contributed by atoms with Gasteiger partial charge in [0, 0.05) is 18.2 Å². The van der Waals surface area contributed by atoms with Crippen LogP contribution < -0.4 is 14.8 Å². The number of ether oxygens (including phenoxy) is 2. The summed E-state index contributed by atoms with van der Waals surface area (Å²) in [7, 11) is 3.38. The third-order valence-electron chi connectivity index (χ3n) is 4.15. The van der Waals surface area contributed by atoms with Crippen LogP contribution in [-0.4, -0.2) is 20.3 Å². The van der Waals surface area contributed by atoms with Crippen molar-refractivity contribution in [1.29, 1.82) is 0 Å². The van der Waals surface area contributed by atoms with Gasteiger partial charge in [-0.2, -0.15) is 0 Å². The zero-order chi connectivity index (χ0) is 13.7. The van der Waals surface area contributed by atoms with Gasteiger partial charge in [0.25, 0.3) is 0 Å². The number of hydrogen-bond donors (Lipinski definition) is 1. The average molecular weight is 263 g/mol. The second-order valence-electron chi connectivity index (χ2n) is 5.40. The Morgan fingerprint density at radius 2 is 1.95 bits per heavy atom. The second-order valence-corrected chi connectivity index (χ2v) is 5.40. The molecular formula is C16H25NO2. The molecular weight excluding hydrogens is 238 g/mol. The third-order valence-corrected chi connectivity index (χ3v) is 4.15. The zero-order valence-electron chi connectivity index (χ0n) is 12.2. The smallest absolute Gasteiger partial charge is 0.165 e. The molecule has 0 radical (unpaired) electrons. The first-order chi connectivity index (χ1) is 9.26. The minimum absolute atomic E-state index is 0.629. The van der Waals surface area contributed by atoms with Crippen LogP contribution in [0.15, 0.2) is 18.2 Å². The first kappa shape index (κ1) is 14.2. The maximum Gasteiger partial charge on any atom is 0.165 e. The monoisotopic (exact) mass is 263 g/mol. The molecule has 0 aliphatic heterocycles. The summed E-state index contributed by atoms with van der Waals surface area (Å²) in [5, 5.41) is 3.68. The minimum Gasteiger partial charge on any atom is -0.493 e. The molecule has 0 spiro atoms. The Bertz CT molecular complexity index is 406. The average Bonchev–Trinajstić information content (AvgIpc) is 2.45. The van der Waals surface area contributed by atoms with E-state index in [0.717, 1.165) is 24.0 Å². The number of benzene rings is 1. The molecule has 106 valence electrons. The quantitative estimate of drug-likeness (QED) is 0.883. The molecule has 2 atom stereocenters. The molecule has 1 aromatic rings. The van der Waals surface area contributed by atoms with E-state index in [-0.39, 0.29) is 0 Å². The van der Waals surface area contributed by atoms with Gasteiger partial charge in [0.15, 0.2) is 11.5 Å². The van der Waals surface area contributed by atoms with Crippen molar-refractivity contribution in [3.63, 3.8) is 0 Å². The van der Waals surface area contributed by atoms with Gasteiger partial charge in [-0.25, -0.2) is 0 Å². The fraction of sp³-hybridized carbons (Fsp3) is 0.625. The molecule has 0 aromatic heterocycles. The molecule has 2 rings (SSSR count). The van der Waals surface area contributed by atoms with Crippen molar-refractivity contribution in [3.8, 4) is 11.5 Å². The van der Waals surface area contributed by atoms with Crippen LogP contribution in [0, 0.1) is 5.92 Å². The third kappa shape index (κ3) is 3.41. The van der Waals surface area contributed by atoms with E-state index in [1.54, 1.807) is 14.2 Å². The van der Waals surface area contributed by atoms with Crippen LogP contribution in [0.1, 0.15) is 38.2 Å². The predicted octanol–water partition coefficient (Wildman–Crippen LogP) is 3.37. The predicted molar refractivity (Wildman–Crippen MR) is 77.8 cm³/mol. The Morgan fingerprint density at radius 3 is 2.63 bits per heavy atom. The Hall–Kier alpha value is -1.22. The van der Waals surface area contributed by atoms with Crippen LogP contribution in [0.25, 0.3) is 0 Å². The van der Waals surface area contributed by atoms with Crippen LogP contribution in [0.5, 0.6) is 11.5 Å². The molecule has 0 saturated heterocycles. The highest BCUT2D eigenvalue weighted by Crippen LogP contribution is 2.31. The van der Waals surface area contributed by atoms with E-state index >= 15 is 0 Å². The highest BCUT2D eigenvalue weighted by molar-refractivity contribution is 5.46. The van der Waals surface area contributed by atoms with Gasteiger partial charge in [-0.3, -0.25) is 0 Å². The van der Waals surface area contributed by atoms with Crippen molar-refractivity contribution in [1.82, 2.24) is 5.32 Å². The van der Waals surface area contributed by atoms with E-state index < -0.39 is 0 Å². The molecule has 3 nitrogen and oxygen atoms in total. The molecule has 3 heteroatoms. The van der Waals surface area contributed by atoms with Crippen molar-refractivity contribution in [3.05, 3.63) is 23.8 Å². The lowest BCUT2D eigenvalue weighted by Crippen LogP contribution is -2.36. The molecule has 0 bridgehead atoms. The summed E-state index contributed by atoms with van der Waals surface area (Å²) in [6, 6.07) is 6.68. The summed E-state index contributed by atoms with van der Waals surface area (Å²) in [5.74, 6) is 2.42. The van der Waals surface area contributed by atoms with Gasteiger partial charge >= 0.3 is 0 Å². The molecule has 1 aromatic carbocycles. The summed E-state index contributed by atoms with van der Waals surface area (Å²) >= 11 is 0. The zero-order valence-corrected chi connectivity index (χ0v) is 12.2. The van der Waals surface area contributed by atoms with E-state index in [1.165, 1.54) is 31.2 Å². The lowest BCUT2D eigenvalue weighted by Gasteiger charge is -2.30. The topological polar surface area (TPSA) is 30.5 Å². The molecule has 1 fully saturated rings. The lowest BCUT2D eigenvalue weighted by atomic mass is 9.86. The van der Waals surface area contributed by atoms with Crippen LogP contribution in [0.2, 0.25) is 0 Å². The van der Waals surface area contributed by atoms with Crippen LogP contribution >= 0.6 is 0 Å². The Kier molecular flexibility index (Phi) is 5.08. The summed E-state index contributed by atoms with van der Waals surface area (Å²) in [6.07, 6.45) is 5.35. The largest absolute Gasteiger partial charge is 0.493 e. The van der Waals surface area contributed by atoms with Crippen molar-refractivity contribution < 1.29 is 9.47 Å². The number of nitrogens with one attached hydrogen (secondary N) is 1. The first-order valence-electron chi connectivity index (χ1n) is 7.19. The van der Waals surface area contributed by atoms with Gasteiger partial charge in [-0.05, 0) is 24.8 Å². The normalized spacial score (nSPS) is 23.1. The highest BCUT2D eigenvalue weighted by atomic mass is 16.5. The summed E-state index contributed by atoms with van der Waals surface area (Å²) in [6.45, 7) is 3.19. The fourth-order valence-corrected chi connectivity index (χ4v) is 2.95. The maximum absolute atomic E-state index is 5.47. The van der Waals surface area contributed by atoms with Crippen molar-refractivity contribution >= 4 is 0 Å². The van der Waals surface area contributed by atoms with E-state index in [9.17, 15) is 0 Å². The molecule has 1 saturated carbocycles. The highest BCUT2D eigenvalue weighted by Gasteiger charge is 2.21. The van der Waals surface area contributed by atoms with E-state index in [0.29, 0.717) is 6.04 Å². The molecule has 2 unspecified atom stereocenters.